The standard InChI is InChI=1S/C40H69NO4/c1-43-37-22-12-31(13-23-37)28-4-6-34(7-5-28)40(42)41(35-18-8-29(9-19-35)32-14-24-38(44-2)25-15-32)36-20-10-30(11-21-36)33-16-26-39(45-3)27-17-33/h28-39H,4-27H2,1-3H3. The summed E-state index contributed by atoms with van der Waals surface area (Å²) in [5, 5.41) is 0. The zero-order chi connectivity index (χ0) is 31.2. The number of methoxy groups -OCH3 is 3. The largest absolute Gasteiger partial charge is 0.381 e. The van der Waals surface area contributed by atoms with Gasteiger partial charge in [0.05, 0.1) is 18.3 Å². The van der Waals surface area contributed by atoms with Crippen LogP contribution in [0.5, 0.6) is 0 Å². The summed E-state index contributed by atoms with van der Waals surface area (Å²) in [5.74, 6) is 6.08. The highest BCUT2D eigenvalue weighted by atomic mass is 16.5. The summed E-state index contributed by atoms with van der Waals surface area (Å²) in [5.41, 5.74) is 0. The molecule has 6 aliphatic rings. The van der Waals surface area contributed by atoms with Gasteiger partial charge in [0.25, 0.3) is 0 Å². The maximum Gasteiger partial charge on any atom is 0.226 e. The summed E-state index contributed by atoms with van der Waals surface area (Å²) in [7, 11) is 5.66. The SMILES string of the molecule is COC1CCC(C2CCC(C(=O)N(C3CCC(C4CCC(OC)CC4)CC3)C3CCC(C4CCC(OC)CC4)CC3)CC2)CC1. The van der Waals surface area contributed by atoms with E-state index in [9.17, 15) is 4.79 Å². The van der Waals surface area contributed by atoms with Crippen molar-refractivity contribution in [1.29, 1.82) is 0 Å². The van der Waals surface area contributed by atoms with Crippen molar-refractivity contribution in [3.05, 3.63) is 0 Å². The minimum absolute atomic E-state index is 0.278. The molecule has 0 bridgehead atoms. The highest BCUT2D eigenvalue weighted by molar-refractivity contribution is 5.79. The van der Waals surface area contributed by atoms with Gasteiger partial charge in [-0.05, 0) is 190 Å². The smallest absolute Gasteiger partial charge is 0.226 e. The van der Waals surface area contributed by atoms with E-state index in [0.29, 0.717) is 36.3 Å². The minimum Gasteiger partial charge on any atom is -0.381 e. The lowest BCUT2D eigenvalue weighted by Gasteiger charge is -2.48. The maximum absolute atomic E-state index is 14.6. The first-order valence-corrected chi connectivity index (χ1v) is 20.0. The summed E-state index contributed by atoms with van der Waals surface area (Å²) in [6, 6.07) is 0.981. The second-order valence-electron chi connectivity index (χ2n) is 16.8. The van der Waals surface area contributed by atoms with Crippen LogP contribution in [0.3, 0.4) is 0 Å². The second-order valence-corrected chi connectivity index (χ2v) is 16.8. The minimum atomic E-state index is 0.278. The Morgan fingerprint density at radius 2 is 0.622 bits per heavy atom. The van der Waals surface area contributed by atoms with E-state index < -0.39 is 0 Å². The van der Waals surface area contributed by atoms with E-state index in [2.05, 4.69) is 4.90 Å². The highest BCUT2D eigenvalue weighted by Gasteiger charge is 2.42. The van der Waals surface area contributed by atoms with Gasteiger partial charge < -0.3 is 19.1 Å². The average Bonchev–Trinajstić information content (AvgIpc) is 3.12. The number of amides is 1. The molecule has 0 aliphatic heterocycles. The van der Waals surface area contributed by atoms with Crippen LogP contribution >= 0.6 is 0 Å². The van der Waals surface area contributed by atoms with Crippen molar-refractivity contribution in [3.63, 3.8) is 0 Å². The average molecular weight is 628 g/mol. The molecule has 0 unspecified atom stereocenters. The molecule has 258 valence electrons. The van der Waals surface area contributed by atoms with E-state index in [4.69, 9.17) is 14.2 Å². The molecule has 6 aliphatic carbocycles. The van der Waals surface area contributed by atoms with Crippen molar-refractivity contribution in [2.75, 3.05) is 21.3 Å². The molecule has 45 heavy (non-hydrogen) atoms. The van der Waals surface area contributed by atoms with Crippen LogP contribution in [0.15, 0.2) is 0 Å². The molecule has 0 aromatic rings. The maximum atomic E-state index is 14.6. The highest BCUT2D eigenvalue weighted by Crippen LogP contribution is 2.46. The van der Waals surface area contributed by atoms with Crippen LogP contribution in [-0.2, 0) is 19.0 Å². The Labute approximate surface area is 276 Å². The Kier molecular flexibility index (Phi) is 12.7. The molecule has 0 N–H and O–H groups in total. The van der Waals surface area contributed by atoms with E-state index in [1.807, 2.05) is 21.3 Å². The fourth-order valence-electron chi connectivity index (χ4n) is 11.8. The number of carbonyl (C=O) groups excluding carboxylic acids is 1. The lowest BCUT2D eigenvalue weighted by molar-refractivity contribution is -0.145. The summed E-state index contributed by atoms with van der Waals surface area (Å²) < 4.78 is 17.0. The molecular formula is C40H69NO4. The second kappa shape index (κ2) is 16.6. The van der Waals surface area contributed by atoms with Crippen LogP contribution in [0.25, 0.3) is 0 Å². The molecule has 5 nitrogen and oxygen atoms in total. The first kappa shape index (κ1) is 34.2. The van der Waals surface area contributed by atoms with Gasteiger partial charge in [0, 0.05) is 39.3 Å². The Morgan fingerprint density at radius 3 is 0.889 bits per heavy atom. The van der Waals surface area contributed by atoms with Crippen LogP contribution in [0.4, 0.5) is 0 Å². The number of nitrogens with zero attached hydrogens (tertiary/aromatic N) is 1. The number of ether oxygens (including phenoxy) is 3. The Hall–Kier alpha value is -0.650. The molecule has 0 spiro atoms. The normalized spacial score (nSPS) is 43.4. The van der Waals surface area contributed by atoms with Crippen molar-refractivity contribution < 1.29 is 19.0 Å². The lowest BCUT2D eigenvalue weighted by atomic mass is 9.69. The van der Waals surface area contributed by atoms with Gasteiger partial charge in [-0.25, -0.2) is 0 Å². The summed E-state index contributed by atoms with van der Waals surface area (Å²) in [6.45, 7) is 0. The molecular weight excluding hydrogens is 558 g/mol. The Bertz CT molecular complexity index is 819. The van der Waals surface area contributed by atoms with Gasteiger partial charge in [0.15, 0.2) is 0 Å². The van der Waals surface area contributed by atoms with Gasteiger partial charge in [-0.2, -0.15) is 0 Å². The van der Waals surface area contributed by atoms with Crippen LogP contribution in [0.2, 0.25) is 0 Å². The number of hydrogen-bond donors (Lipinski definition) is 0. The molecule has 0 heterocycles. The van der Waals surface area contributed by atoms with Gasteiger partial charge >= 0.3 is 0 Å². The van der Waals surface area contributed by atoms with Gasteiger partial charge in [-0.3, -0.25) is 4.79 Å². The molecule has 6 saturated carbocycles. The third-order valence-electron chi connectivity index (χ3n) is 14.8. The van der Waals surface area contributed by atoms with Crippen molar-refractivity contribution in [3.8, 4) is 0 Å². The van der Waals surface area contributed by atoms with Gasteiger partial charge in [-0.15, -0.1) is 0 Å². The topological polar surface area (TPSA) is 48.0 Å². The molecule has 6 fully saturated rings. The van der Waals surface area contributed by atoms with E-state index in [-0.39, 0.29) is 5.92 Å². The zero-order valence-electron chi connectivity index (χ0n) is 29.5. The van der Waals surface area contributed by atoms with E-state index in [1.165, 1.54) is 141 Å². The molecule has 0 aromatic heterocycles. The third kappa shape index (κ3) is 8.51. The van der Waals surface area contributed by atoms with Crippen LogP contribution < -0.4 is 0 Å². The molecule has 0 atom stereocenters. The van der Waals surface area contributed by atoms with Crippen LogP contribution in [-0.4, -0.2) is 62.5 Å². The van der Waals surface area contributed by atoms with Gasteiger partial charge in [0.1, 0.15) is 0 Å². The predicted molar refractivity (Wildman–Crippen MR) is 182 cm³/mol. The van der Waals surface area contributed by atoms with Crippen molar-refractivity contribution >= 4 is 5.91 Å². The van der Waals surface area contributed by atoms with E-state index in [1.54, 1.807) is 0 Å². The summed E-state index contributed by atoms with van der Waals surface area (Å²) >= 11 is 0. The van der Waals surface area contributed by atoms with Gasteiger partial charge in [-0.1, -0.05) is 0 Å². The van der Waals surface area contributed by atoms with Crippen molar-refractivity contribution in [2.45, 2.75) is 184 Å². The Balaban J connectivity index is 1.05. The molecule has 0 saturated heterocycles. The van der Waals surface area contributed by atoms with Gasteiger partial charge in [0.2, 0.25) is 5.91 Å². The predicted octanol–water partition coefficient (Wildman–Crippen LogP) is 9.35. The number of hydrogen-bond acceptors (Lipinski definition) is 4. The molecule has 0 radical (unpaired) electrons. The summed E-state index contributed by atoms with van der Waals surface area (Å²) in [4.78, 5) is 17.2. The quantitative estimate of drug-likeness (QED) is 0.256. The zero-order valence-corrected chi connectivity index (χ0v) is 29.5. The van der Waals surface area contributed by atoms with Crippen LogP contribution in [0.1, 0.15) is 154 Å². The molecule has 1 amide bonds. The first-order valence-electron chi connectivity index (χ1n) is 20.0. The lowest BCUT2D eigenvalue weighted by Crippen LogP contribution is -2.52. The number of rotatable bonds is 9. The van der Waals surface area contributed by atoms with E-state index >= 15 is 0 Å². The first-order chi connectivity index (χ1) is 22.1. The fraction of sp³-hybridized carbons (Fsp3) is 0.975. The van der Waals surface area contributed by atoms with Crippen molar-refractivity contribution in [2.24, 2.45) is 41.4 Å². The molecule has 6 rings (SSSR count). The van der Waals surface area contributed by atoms with E-state index in [0.717, 1.165) is 48.3 Å². The Morgan fingerprint density at radius 1 is 0.378 bits per heavy atom. The molecule has 0 aromatic carbocycles. The third-order valence-corrected chi connectivity index (χ3v) is 14.8. The monoisotopic (exact) mass is 628 g/mol. The summed E-state index contributed by atoms with van der Waals surface area (Å²) in [6.07, 6.45) is 32.2. The fourth-order valence-corrected chi connectivity index (χ4v) is 11.8. The number of carbonyl (C=O) groups is 1. The molecule has 5 heteroatoms. The van der Waals surface area contributed by atoms with Crippen molar-refractivity contribution in [1.82, 2.24) is 4.90 Å². The van der Waals surface area contributed by atoms with Crippen LogP contribution in [0, 0.1) is 41.4 Å².